The SMILES string of the molecule is Cc1cccc(NC(=O)c2cccc(CN3CCN(S(=O)(=O)c4ccccc4)CC3)c2)c1C. The van der Waals surface area contributed by atoms with Gasteiger partial charge in [-0.3, -0.25) is 9.69 Å². The van der Waals surface area contributed by atoms with Crippen LogP contribution in [0.2, 0.25) is 0 Å². The van der Waals surface area contributed by atoms with Crippen LogP contribution in [0.5, 0.6) is 0 Å². The first-order chi connectivity index (χ1) is 15.8. The molecular formula is C26H29N3O3S. The van der Waals surface area contributed by atoms with E-state index in [9.17, 15) is 13.2 Å². The number of amides is 1. The van der Waals surface area contributed by atoms with Crippen LogP contribution >= 0.6 is 0 Å². The summed E-state index contributed by atoms with van der Waals surface area (Å²) in [7, 11) is -3.46. The van der Waals surface area contributed by atoms with E-state index in [0.717, 1.165) is 22.4 Å². The number of hydrogen-bond donors (Lipinski definition) is 1. The Hall–Kier alpha value is -3.00. The lowest BCUT2D eigenvalue weighted by Crippen LogP contribution is -2.48. The highest BCUT2D eigenvalue weighted by atomic mass is 32.2. The van der Waals surface area contributed by atoms with Gasteiger partial charge in [-0.05, 0) is 60.9 Å². The molecule has 33 heavy (non-hydrogen) atoms. The van der Waals surface area contributed by atoms with Crippen molar-refractivity contribution in [2.45, 2.75) is 25.3 Å². The number of sulfonamides is 1. The van der Waals surface area contributed by atoms with Gasteiger partial charge in [0.25, 0.3) is 5.91 Å². The molecule has 1 heterocycles. The first-order valence-corrected chi connectivity index (χ1v) is 12.5. The number of hydrogen-bond acceptors (Lipinski definition) is 4. The Labute approximate surface area is 195 Å². The standard InChI is InChI=1S/C26H29N3O3S/c1-20-8-6-13-25(21(20)2)27-26(30)23-10-7-9-22(18-23)19-28-14-16-29(17-15-28)33(31,32)24-11-4-3-5-12-24/h3-13,18H,14-17,19H2,1-2H3,(H,27,30). The van der Waals surface area contributed by atoms with Crippen molar-refractivity contribution in [1.82, 2.24) is 9.21 Å². The Balaban J connectivity index is 1.37. The van der Waals surface area contributed by atoms with Gasteiger partial charge in [-0.2, -0.15) is 4.31 Å². The van der Waals surface area contributed by atoms with Crippen LogP contribution in [0.15, 0.2) is 77.7 Å². The molecule has 0 saturated carbocycles. The quantitative estimate of drug-likeness (QED) is 0.599. The van der Waals surface area contributed by atoms with E-state index in [-0.39, 0.29) is 5.91 Å². The topological polar surface area (TPSA) is 69.7 Å². The summed E-state index contributed by atoms with van der Waals surface area (Å²) in [5, 5.41) is 3.01. The molecule has 1 N–H and O–H groups in total. The molecular weight excluding hydrogens is 434 g/mol. The summed E-state index contributed by atoms with van der Waals surface area (Å²) in [6.45, 7) is 6.88. The number of aryl methyl sites for hydroxylation is 1. The molecule has 0 aromatic heterocycles. The molecule has 4 rings (SSSR count). The normalized spacial score (nSPS) is 15.3. The van der Waals surface area contributed by atoms with Crippen LogP contribution in [-0.4, -0.2) is 49.7 Å². The van der Waals surface area contributed by atoms with Crippen LogP contribution in [0.25, 0.3) is 0 Å². The first-order valence-electron chi connectivity index (χ1n) is 11.1. The van der Waals surface area contributed by atoms with Gasteiger partial charge in [0.05, 0.1) is 4.90 Å². The number of rotatable bonds is 6. The fourth-order valence-electron chi connectivity index (χ4n) is 4.02. The van der Waals surface area contributed by atoms with Crippen LogP contribution in [-0.2, 0) is 16.6 Å². The van der Waals surface area contributed by atoms with E-state index in [0.29, 0.717) is 43.2 Å². The van der Waals surface area contributed by atoms with Gasteiger partial charge in [0.2, 0.25) is 10.0 Å². The van der Waals surface area contributed by atoms with Crippen molar-refractivity contribution >= 4 is 21.6 Å². The fourth-order valence-corrected chi connectivity index (χ4v) is 5.46. The van der Waals surface area contributed by atoms with Crippen LogP contribution in [0, 0.1) is 13.8 Å². The monoisotopic (exact) mass is 463 g/mol. The molecule has 0 atom stereocenters. The average Bonchev–Trinajstić information content (AvgIpc) is 2.83. The predicted molar refractivity (Wildman–Crippen MR) is 131 cm³/mol. The lowest BCUT2D eigenvalue weighted by molar-refractivity contribution is 0.102. The van der Waals surface area contributed by atoms with Gasteiger partial charge in [-0.1, -0.05) is 42.5 Å². The lowest BCUT2D eigenvalue weighted by atomic mass is 10.1. The number of piperazine rings is 1. The van der Waals surface area contributed by atoms with E-state index in [1.54, 1.807) is 28.6 Å². The van der Waals surface area contributed by atoms with Crippen LogP contribution in [0.1, 0.15) is 27.0 Å². The maximum absolute atomic E-state index is 12.8. The van der Waals surface area contributed by atoms with Gasteiger partial charge in [-0.25, -0.2) is 8.42 Å². The molecule has 1 aliphatic heterocycles. The molecule has 1 aliphatic rings. The van der Waals surface area contributed by atoms with E-state index in [1.165, 1.54) is 0 Å². The molecule has 0 bridgehead atoms. The molecule has 1 amide bonds. The molecule has 172 valence electrons. The summed E-state index contributed by atoms with van der Waals surface area (Å²) < 4.78 is 27.2. The van der Waals surface area contributed by atoms with Crippen molar-refractivity contribution in [2.75, 3.05) is 31.5 Å². The number of nitrogens with one attached hydrogen (secondary N) is 1. The average molecular weight is 464 g/mol. The molecule has 0 unspecified atom stereocenters. The highest BCUT2D eigenvalue weighted by Gasteiger charge is 2.28. The van der Waals surface area contributed by atoms with Gasteiger partial charge in [0.15, 0.2) is 0 Å². The number of anilines is 1. The Morgan fingerprint density at radius 3 is 2.30 bits per heavy atom. The van der Waals surface area contributed by atoms with Crippen molar-refractivity contribution in [1.29, 1.82) is 0 Å². The minimum absolute atomic E-state index is 0.135. The zero-order chi connectivity index (χ0) is 23.4. The second-order valence-electron chi connectivity index (χ2n) is 8.40. The van der Waals surface area contributed by atoms with Gasteiger partial charge < -0.3 is 5.32 Å². The summed E-state index contributed by atoms with van der Waals surface area (Å²) in [5.74, 6) is -0.135. The minimum atomic E-state index is -3.46. The third-order valence-corrected chi connectivity index (χ3v) is 8.07. The fraction of sp³-hybridized carbons (Fsp3) is 0.269. The second-order valence-corrected chi connectivity index (χ2v) is 10.3. The zero-order valence-electron chi connectivity index (χ0n) is 19.0. The molecule has 6 nitrogen and oxygen atoms in total. The second kappa shape index (κ2) is 9.87. The summed E-state index contributed by atoms with van der Waals surface area (Å²) >= 11 is 0. The Kier molecular flexibility index (Phi) is 6.93. The molecule has 1 fully saturated rings. The van der Waals surface area contributed by atoms with Gasteiger partial charge in [0, 0.05) is 44.0 Å². The van der Waals surface area contributed by atoms with Crippen LogP contribution < -0.4 is 5.32 Å². The molecule has 3 aromatic carbocycles. The van der Waals surface area contributed by atoms with Crippen molar-refractivity contribution < 1.29 is 13.2 Å². The molecule has 0 spiro atoms. The minimum Gasteiger partial charge on any atom is -0.322 e. The molecule has 0 aliphatic carbocycles. The van der Waals surface area contributed by atoms with Crippen molar-refractivity contribution in [2.24, 2.45) is 0 Å². The van der Waals surface area contributed by atoms with Gasteiger partial charge in [0.1, 0.15) is 0 Å². The Morgan fingerprint density at radius 1 is 0.879 bits per heavy atom. The molecule has 7 heteroatoms. The highest BCUT2D eigenvalue weighted by Crippen LogP contribution is 2.21. The number of carbonyl (C=O) groups is 1. The first kappa shape index (κ1) is 23.2. The summed E-state index contributed by atoms with van der Waals surface area (Å²) in [6.07, 6.45) is 0. The van der Waals surface area contributed by atoms with E-state index in [2.05, 4.69) is 10.2 Å². The smallest absolute Gasteiger partial charge is 0.255 e. The molecule has 1 saturated heterocycles. The Bertz CT molecular complexity index is 1230. The largest absolute Gasteiger partial charge is 0.322 e. The zero-order valence-corrected chi connectivity index (χ0v) is 19.8. The van der Waals surface area contributed by atoms with Crippen molar-refractivity contribution in [3.8, 4) is 0 Å². The summed E-state index contributed by atoms with van der Waals surface area (Å²) in [6, 6.07) is 22.1. The third kappa shape index (κ3) is 5.33. The molecule has 3 aromatic rings. The van der Waals surface area contributed by atoms with E-state index < -0.39 is 10.0 Å². The lowest BCUT2D eigenvalue weighted by Gasteiger charge is -2.34. The van der Waals surface area contributed by atoms with Gasteiger partial charge >= 0.3 is 0 Å². The van der Waals surface area contributed by atoms with Crippen LogP contribution in [0.4, 0.5) is 5.69 Å². The highest BCUT2D eigenvalue weighted by molar-refractivity contribution is 7.89. The van der Waals surface area contributed by atoms with E-state index >= 15 is 0 Å². The number of nitrogens with zero attached hydrogens (tertiary/aromatic N) is 2. The maximum Gasteiger partial charge on any atom is 0.255 e. The maximum atomic E-state index is 12.8. The van der Waals surface area contributed by atoms with Crippen molar-refractivity contribution in [3.05, 3.63) is 95.1 Å². The van der Waals surface area contributed by atoms with Gasteiger partial charge in [-0.15, -0.1) is 0 Å². The summed E-state index contributed by atoms with van der Waals surface area (Å²) in [4.78, 5) is 15.4. The molecule has 0 radical (unpaired) electrons. The van der Waals surface area contributed by atoms with E-state index in [4.69, 9.17) is 0 Å². The number of carbonyl (C=O) groups excluding carboxylic acids is 1. The van der Waals surface area contributed by atoms with E-state index in [1.807, 2.05) is 62.4 Å². The van der Waals surface area contributed by atoms with Crippen LogP contribution in [0.3, 0.4) is 0 Å². The number of benzene rings is 3. The van der Waals surface area contributed by atoms with Crippen molar-refractivity contribution in [3.63, 3.8) is 0 Å². The Morgan fingerprint density at radius 2 is 1.58 bits per heavy atom. The third-order valence-electron chi connectivity index (χ3n) is 6.16. The summed E-state index contributed by atoms with van der Waals surface area (Å²) in [5.41, 5.74) is 4.66. The predicted octanol–water partition coefficient (Wildman–Crippen LogP) is 4.06.